The zero-order valence-electron chi connectivity index (χ0n) is 54.0. The standard InChI is InChI=1S/C90H60N8/c1-90(2,3)60-49-53-78-73(54-60)67-39-21-22-42-74(67)95(78)83-79(68-40-16-17-41-72(68)87-92-85(58-29-6-4-7-30-58)91-86(93-87)59-31-8-5-9-32-59)84(96-75-43-23-18-36-64(75)69-50-46-55-26-10-13-33-61(55)80(69)96)89(98-77-45-25-20-38-66(77)71-52-48-57-28-12-15-35-63(57)82(71)98)94-88(83)97-76-44-24-19-37-65(76)70-51-47-56-27-11-14-34-62(56)81(70)97/h4-54H,1-3H3. The first-order valence-electron chi connectivity index (χ1n) is 33.6. The highest BCUT2D eigenvalue weighted by Crippen LogP contribution is 2.52. The van der Waals surface area contributed by atoms with Crippen molar-refractivity contribution in [3.05, 3.63) is 315 Å². The predicted octanol–water partition coefficient (Wildman–Crippen LogP) is 23.1. The number of para-hydroxylation sites is 4. The van der Waals surface area contributed by atoms with Gasteiger partial charge in [0.05, 0.1) is 44.1 Å². The number of hydrogen-bond donors (Lipinski definition) is 0. The number of benzene rings is 14. The molecular formula is C90H60N8. The SMILES string of the molecule is CC(C)(C)c1ccc2c(c1)c1ccccc1n2-c1c(-n2c3ccccc3c3ccc4ccccc4c32)nc(-n2c3ccccc3c3ccc4ccccc4c32)c(-n2c3ccccc3c3ccc4ccccc4c32)c1-c1ccccc1-c1nc(-c2ccccc2)nc(-c2ccccc2)n1. The molecule has 8 heteroatoms. The van der Waals surface area contributed by atoms with E-state index in [0.717, 1.165) is 170 Å². The number of nitrogens with zero attached hydrogens (tertiary/aromatic N) is 8. The number of rotatable bonds is 8. The van der Waals surface area contributed by atoms with Gasteiger partial charge in [-0.25, -0.2) is 19.9 Å². The van der Waals surface area contributed by atoms with Crippen LogP contribution in [0.15, 0.2) is 309 Å². The van der Waals surface area contributed by atoms with Crippen LogP contribution in [0.25, 0.3) is 188 Å². The smallest absolute Gasteiger partial charge is 0.165 e. The number of aromatic nitrogens is 8. The quantitative estimate of drug-likeness (QED) is 0.152. The van der Waals surface area contributed by atoms with Crippen molar-refractivity contribution in [2.75, 3.05) is 0 Å². The van der Waals surface area contributed by atoms with E-state index in [2.05, 4.69) is 336 Å². The molecule has 460 valence electrons. The van der Waals surface area contributed by atoms with E-state index in [4.69, 9.17) is 19.9 Å². The van der Waals surface area contributed by atoms with E-state index < -0.39 is 0 Å². The van der Waals surface area contributed by atoms with Crippen LogP contribution in [-0.4, -0.2) is 38.2 Å². The fraction of sp³-hybridized carbons (Fsp3) is 0.0444. The molecule has 20 rings (SSSR count). The summed E-state index contributed by atoms with van der Waals surface area (Å²) in [5.41, 5.74) is 15.6. The molecule has 0 atom stereocenters. The van der Waals surface area contributed by atoms with Crippen LogP contribution in [0.3, 0.4) is 0 Å². The van der Waals surface area contributed by atoms with E-state index in [1.807, 2.05) is 12.1 Å². The van der Waals surface area contributed by atoms with Crippen LogP contribution in [0.2, 0.25) is 0 Å². The number of hydrogen-bond acceptors (Lipinski definition) is 4. The first-order valence-corrected chi connectivity index (χ1v) is 33.6. The molecule has 14 aromatic carbocycles. The Bertz CT molecular complexity index is 6660. The minimum Gasteiger partial charge on any atom is -0.305 e. The molecule has 0 amide bonds. The third kappa shape index (κ3) is 8.24. The maximum Gasteiger partial charge on any atom is 0.165 e. The van der Waals surface area contributed by atoms with Crippen LogP contribution in [0.1, 0.15) is 26.3 Å². The van der Waals surface area contributed by atoms with Crippen LogP contribution < -0.4 is 0 Å². The van der Waals surface area contributed by atoms with E-state index in [-0.39, 0.29) is 5.41 Å². The Morgan fingerprint density at radius 2 is 0.592 bits per heavy atom. The van der Waals surface area contributed by atoms with Gasteiger partial charge in [-0.05, 0) is 69.1 Å². The summed E-state index contributed by atoms with van der Waals surface area (Å²) in [7, 11) is 0. The molecule has 0 aliphatic rings. The lowest BCUT2D eigenvalue weighted by Crippen LogP contribution is -2.16. The molecule has 0 aliphatic heterocycles. The van der Waals surface area contributed by atoms with Crippen molar-refractivity contribution < 1.29 is 0 Å². The molecule has 0 N–H and O–H groups in total. The maximum atomic E-state index is 6.79. The Hall–Kier alpha value is -12.8. The monoisotopic (exact) mass is 1250 g/mol. The topological polar surface area (TPSA) is 71.3 Å². The van der Waals surface area contributed by atoms with Crippen LogP contribution in [-0.2, 0) is 5.41 Å². The first kappa shape index (κ1) is 55.7. The van der Waals surface area contributed by atoms with E-state index in [1.54, 1.807) is 0 Å². The Morgan fingerprint density at radius 3 is 1.06 bits per heavy atom. The van der Waals surface area contributed by atoms with Gasteiger partial charge in [-0.3, -0.25) is 9.13 Å². The van der Waals surface area contributed by atoms with Crippen molar-refractivity contribution in [1.29, 1.82) is 0 Å². The van der Waals surface area contributed by atoms with Crippen molar-refractivity contribution in [2.45, 2.75) is 26.2 Å². The third-order valence-electron chi connectivity index (χ3n) is 20.3. The van der Waals surface area contributed by atoms with Gasteiger partial charge in [0.15, 0.2) is 29.1 Å². The maximum absolute atomic E-state index is 6.79. The lowest BCUT2D eigenvalue weighted by atomic mass is 9.86. The molecule has 0 aliphatic carbocycles. The molecule has 0 fully saturated rings. The van der Waals surface area contributed by atoms with Crippen molar-refractivity contribution >= 4 is 120 Å². The Labute approximate surface area is 563 Å². The Morgan fingerprint density at radius 1 is 0.245 bits per heavy atom. The fourth-order valence-electron chi connectivity index (χ4n) is 15.9. The highest BCUT2D eigenvalue weighted by atomic mass is 15.2. The summed E-state index contributed by atoms with van der Waals surface area (Å²) >= 11 is 0. The summed E-state index contributed by atoms with van der Waals surface area (Å²) in [4.78, 5) is 23.4. The lowest BCUT2D eigenvalue weighted by molar-refractivity contribution is 0.591. The molecule has 0 saturated heterocycles. The van der Waals surface area contributed by atoms with Gasteiger partial charge < -0.3 is 9.13 Å². The molecular weight excluding hydrogens is 1190 g/mol. The normalized spacial score (nSPS) is 12.2. The van der Waals surface area contributed by atoms with Gasteiger partial charge in [0, 0.05) is 81.5 Å². The van der Waals surface area contributed by atoms with Gasteiger partial charge in [-0.1, -0.05) is 294 Å². The van der Waals surface area contributed by atoms with Gasteiger partial charge in [0.2, 0.25) is 0 Å². The second kappa shape index (κ2) is 21.4. The van der Waals surface area contributed by atoms with Crippen LogP contribution >= 0.6 is 0 Å². The van der Waals surface area contributed by atoms with Gasteiger partial charge in [-0.2, -0.15) is 0 Å². The fourth-order valence-corrected chi connectivity index (χ4v) is 15.9. The second-order valence-corrected chi connectivity index (χ2v) is 26.9. The first-order chi connectivity index (χ1) is 48.3. The van der Waals surface area contributed by atoms with Crippen molar-refractivity contribution in [2.24, 2.45) is 0 Å². The largest absolute Gasteiger partial charge is 0.305 e. The Balaban J connectivity index is 1.11. The zero-order valence-corrected chi connectivity index (χ0v) is 54.0. The molecule has 0 spiro atoms. The third-order valence-corrected chi connectivity index (χ3v) is 20.3. The van der Waals surface area contributed by atoms with Crippen molar-refractivity contribution in [3.8, 4) is 68.3 Å². The average Bonchev–Trinajstić information content (AvgIpc) is 1.46. The summed E-state index contributed by atoms with van der Waals surface area (Å²) in [5.74, 6) is 3.14. The van der Waals surface area contributed by atoms with Crippen molar-refractivity contribution in [1.82, 2.24) is 38.2 Å². The van der Waals surface area contributed by atoms with E-state index in [1.165, 1.54) is 5.56 Å². The molecule has 20 aromatic rings. The summed E-state index contributed by atoms with van der Waals surface area (Å²) in [6.45, 7) is 6.93. The molecule has 0 bridgehead atoms. The molecule has 8 nitrogen and oxygen atoms in total. The number of fused-ring (bicyclic) bond motifs is 18. The molecule has 6 heterocycles. The molecule has 0 radical (unpaired) electrons. The van der Waals surface area contributed by atoms with E-state index in [0.29, 0.717) is 17.5 Å². The van der Waals surface area contributed by atoms with Crippen LogP contribution in [0.4, 0.5) is 0 Å². The minimum atomic E-state index is -0.152. The minimum absolute atomic E-state index is 0.152. The highest BCUT2D eigenvalue weighted by Gasteiger charge is 2.35. The van der Waals surface area contributed by atoms with Gasteiger partial charge in [0.25, 0.3) is 0 Å². The summed E-state index contributed by atoms with van der Waals surface area (Å²) in [6.07, 6.45) is 0. The summed E-state index contributed by atoms with van der Waals surface area (Å²) < 4.78 is 10.1. The van der Waals surface area contributed by atoms with Gasteiger partial charge >= 0.3 is 0 Å². The van der Waals surface area contributed by atoms with Gasteiger partial charge in [-0.15, -0.1) is 0 Å². The van der Waals surface area contributed by atoms with Crippen molar-refractivity contribution in [3.63, 3.8) is 0 Å². The molecule has 0 saturated carbocycles. The lowest BCUT2D eigenvalue weighted by Gasteiger charge is -2.28. The summed E-state index contributed by atoms with van der Waals surface area (Å²) in [6, 6.07) is 113. The van der Waals surface area contributed by atoms with Crippen LogP contribution in [0, 0.1) is 0 Å². The predicted molar refractivity (Wildman–Crippen MR) is 408 cm³/mol. The van der Waals surface area contributed by atoms with E-state index in [9.17, 15) is 0 Å². The highest BCUT2D eigenvalue weighted by molar-refractivity contribution is 6.23. The Kier molecular flexibility index (Phi) is 12.1. The summed E-state index contributed by atoms with van der Waals surface area (Å²) in [5, 5.41) is 15.7. The van der Waals surface area contributed by atoms with Crippen LogP contribution in [0.5, 0.6) is 0 Å². The molecule has 0 unspecified atom stereocenters. The molecule has 6 aromatic heterocycles. The van der Waals surface area contributed by atoms with E-state index >= 15 is 0 Å². The van der Waals surface area contributed by atoms with Gasteiger partial charge in [0.1, 0.15) is 11.4 Å². The average molecular weight is 1250 g/mol. The number of pyridine rings is 1. The zero-order chi connectivity index (χ0) is 64.9. The molecule has 98 heavy (non-hydrogen) atoms. The second-order valence-electron chi connectivity index (χ2n) is 26.9.